The molecule has 0 saturated heterocycles. The molecule has 0 atom stereocenters. The lowest BCUT2D eigenvalue weighted by Gasteiger charge is -2.07. The van der Waals surface area contributed by atoms with Gasteiger partial charge in [0, 0.05) is 0 Å². The van der Waals surface area contributed by atoms with E-state index in [2.05, 4.69) is 6.58 Å². The Balaban J connectivity index is 3.10. The van der Waals surface area contributed by atoms with Gasteiger partial charge in [-0.15, -0.1) is 0 Å². The number of benzene rings is 1. The number of hydrogen-bond acceptors (Lipinski definition) is 2. The van der Waals surface area contributed by atoms with Gasteiger partial charge in [-0.1, -0.05) is 35.9 Å². The van der Waals surface area contributed by atoms with E-state index in [4.69, 9.17) is 27.9 Å². The number of carbonyl (C=O) groups excluding carboxylic acids is 1. The summed E-state index contributed by atoms with van der Waals surface area (Å²) in [4.78, 5) is 10.7. The predicted octanol–water partition coefficient (Wildman–Crippen LogP) is 3.37. The van der Waals surface area contributed by atoms with Crippen molar-refractivity contribution >= 4 is 29.5 Å². The summed E-state index contributed by atoms with van der Waals surface area (Å²) in [6.07, 6.45) is 2.20. The molecule has 74 valence electrons. The zero-order valence-electron chi connectivity index (χ0n) is 7.30. The van der Waals surface area contributed by atoms with Crippen LogP contribution in [0, 0.1) is 0 Å². The van der Waals surface area contributed by atoms with Crippen molar-refractivity contribution in [2.75, 3.05) is 6.61 Å². The van der Waals surface area contributed by atoms with Crippen LogP contribution in [0.3, 0.4) is 0 Å². The number of rotatable bonds is 4. The highest BCUT2D eigenvalue weighted by Crippen LogP contribution is 2.31. The smallest absolute Gasteiger partial charge is 0.155 e. The van der Waals surface area contributed by atoms with E-state index < -0.39 is 0 Å². The fourth-order valence-corrected chi connectivity index (χ4v) is 1.30. The van der Waals surface area contributed by atoms with E-state index in [-0.39, 0.29) is 10.6 Å². The van der Waals surface area contributed by atoms with Gasteiger partial charge in [-0.3, -0.25) is 4.79 Å². The highest BCUT2D eigenvalue weighted by Gasteiger charge is 2.10. The minimum Gasteiger partial charge on any atom is -0.489 e. The van der Waals surface area contributed by atoms with Gasteiger partial charge in [-0.25, -0.2) is 0 Å². The molecule has 0 aliphatic carbocycles. The van der Waals surface area contributed by atoms with Gasteiger partial charge in [-0.05, 0) is 12.1 Å². The van der Waals surface area contributed by atoms with Crippen molar-refractivity contribution in [3.05, 3.63) is 40.4 Å². The van der Waals surface area contributed by atoms with Gasteiger partial charge in [0.25, 0.3) is 0 Å². The standard InChI is InChI=1S/C10H8Cl2O2/c1-2-5-14-9-4-3-8(11)10(12)7(9)6-13/h2-4,6H,1,5H2. The van der Waals surface area contributed by atoms with Gasteiger partial charge in [0.1, 0.15) is 12.4 Å². The summed E-state index contributed by atoms with van der Waals surface area (Å²) >= 11 is 11.5. The van der Waals surface area contributed by atoms with E-state index in [1.165, 1.54) is 0 Å². The molecule has 0 saturated carbocycles. The SMILES string of the molecule is C=CCOc1ccc(Cl)c(Cl)c1C=O. The molecule has 1 rings (SSSR count). The van der Waals surface area contributed by atoms with Gasteiger partial charge >= 0.3 is 0 Å². The molecule has 0 bridgehead atoms. The Labute approximate surface area is 92.1 Å². The average Bonchev–Trinajstić information content (AvgIpc) is 2.20. The van der Waals surface area contributed by atoms with Gasteiger partial charge in [0.15, 0.2) is 6.29 Å². The molecule has 0 radical (unpaired) electrons. The third-order valence-corrected chi connectivity index (χ3v) is 2.39. The maximum absolute atomic E-state index is 10.7. The number of hydrogen-bond donors (Lipinski definition) is 0. The molecule has 0 unspecified atom stereocenters. The number of aldehydes is 1. The maximum Gasteiger partial charge on any atom is 0.155 e. The van der Waals surface area contributed by atoms with Crippen molar-refractivity contribution in [3.8, 4) is 5.75 Å². The molecule has 1 aromatic carbocycles. The van der Waals surface area contributed by atoms with Crippen molar-refractivity contribution in [2.24, 2.45) is 0 Å². The topological polar surface area (TPSA) is 26.3 Å². The summed E-state index contributed by atoms with van der Waals surface area (Å²) in [7, 11) is 0. The first-order valence-corrected chi connectivity index (χ1v) is 4.63. The first kappa shape index (κ1) is 11.1. The summed E-state index contributed by atoms with van der Waals surface area (Å²) in [6, 6.07) is 3.18. The van der Waals surface area contributed by atoms with Crippen molar-refractivity contribution in [2.45, 2.75) is 0 Å². The van der Waals surface area contributed by atoms with Crippen molar-refractivity contribution in [1.29, 1.82) is 0 Å². The molecule has 2 nitrogen and oxygen atoms in total. The summed E-state index contributed by atoms with van der Waals surface area (Å²) < 4.78 is 5.22. The molecular formula is C10H8Cl2O2. The molecule has 0 fully saturated rings. The van der Waals surface area contributed by atoms with Gasteiger partial charge in [0.2, 0.25) is 0 Å². The molecule has 0 amide bonds. The maximum atomic E-state index is 10.7. The van der Waals surface area contributed by atoms with Crippen LogP contribution in [-0.2, 0) is 0 Å². The molecule has 0 spiro atoms. The highest BCUT2D eigenvalue weighted by molar-refractivity contribution is 6.43. The van der Waals surface area contributed by atoms with Crippen LogP contribution in [0.4, 0.5) is 0 Å². The number of halogens is 2. The fraction of sp³-hybridized carbons (Fsp3) is 0.100. The fourth-order valence-electron chi connectivity index (χ4n) is 0.933. The van der Waals surface area contributed by atoms with E-state index in [0.717, 1.165) is 0 Å². The zero-order valence-corrected chi connectivity index (χ0v) is 8.81. The summed E-state index contributed by atoms with van der Waals surface area (Å²) in [6.45, 7) is 3.82. The second kappa shape index (κ2) is 5.03. The van der Waals surface area contributed by atoms with Gasteiger partial charge in [-0.2, -0.15) is 0 Å². The molecule has 1 aromatic rings. The lowest BCUT2D eigenvalue weighted by Crippen LogP contribution is -1.97. The van der Waals surface area contributed by atoms with Crippen molar-refractivity contribution in [3.63, 3.8) is 0 Å². The molecular weight excluding hydrogens is 223 g/mol. The third-order valence-electron chi connectivity index (χ3n) is 1.57. The lowest BCUT2D eigenvalue weighted by molar-refractivity contribution is 0.112. The Hall–Kier alpha value is -0.990. The lowest BCUT2D eigenvalue weighted by atomic mass is 10.2. The summed E-state index contributed by atoms with van der Waals surface area (Å²) in [5, 5.41) is 0.544. The van der Waals surface area contributed by atoms with Crippen LogP contribution in [0.2, 0.25) is 10.0 Å². The first-order valence-electron chi connectivity index (χ1n) is 3.87. The van der Waals surface area contributed by atoms with Gasteiger partial charge in [0.05, 0.1) is 15.6 Å². The van der Waals surface area contributed by atoms with Crippen LogP contribution in [0.5, 0.6) is 5.75 Å². The Bertz CT molecular complexity index is 361. The third kappa shape index (κ3) is 2.28. The Morgan fingerprint density at radius 2 is 2.14 bits per heavy atom. The largest absolute Gasteiger partial charge is 0.489 e. The molecule has 0 N–H and O–H groups in total. The van der Waals surface area contributed by atoms with Crippen LogP contribution in [0.15, 0.2) is 24.8 Å². The van der Waals surface area contributed by atoms with Crippen LogP contribution in [-0.4, -0.2) is 12.9 Å². The van der Waals surface area contributed by atoms with Crippen molar-refractivity contribution in [1.82, 2.24) is 0 Å². The average molecular weight is 231 g/mol. The normalized spacial score (nSPS) is 9.57. The second-order valence-corrected chi connectivity index (χ2v) is 3.28. The minimum absolute atomic E-state index is 0.211. The Morgan fingerprint density at radius 1 is 1.43 bits per heavy atom. The molecule has 0 aliphatic heterocycles. The van der Waals surface area contributed by atoms with Crippen molar-refractivity contribution < 1.29 is 9.53 Å². The predicted molar refractivity (Wildman–Crippen MR) is 57.5 cm³/mol. The van der Waals surface area contributed by atoms with E-state index in [9.17, 15) is 4.79 Å². The molecule has 0 aromatic heterocycles. The van der Waals surface area contributed by atoms with E-state index in [1.54, 1.807) is 18.2 Å². The van der Waals surface area contributed by atoms with E-state index in [0.29, 0.717) is 23.7 Å². The molecule has 0 aliphatic rings. The minimum atomic E-state index is 0.211. The first-order chi connectivity index (χ1) is 6.70. The molecule has 4 heteroatoms. The van der Waals surface area contributed by atoms with Crippen LogP contribution in [0.25, 0.3) is 0 Å². The summed E-state index contributed by atoms with van der Waals surface area (Å²) in [5.74, 6) is 0.411. The highest BCUT2D eigenvalue weighted by atomic mass is 35.5. The van der Waals surface area contributed by atoms with Crippen LogP contribution in [0.1, 0.15) is 10.4 Å². The van der Waals surface area contributed by atoms with Crippen LogP contribution >= 0.6 is 23.2 Å². The number of ether oxygens (including phenoxy) is 1. The quantitative estimate of drug-likeness (QED) is 0.586. The van der Waals surface area contributed by atoms with E-state index >= 15 is 0 Å². The second-order valence-electron chi connectivity index (χ2n) is 2.49. The van der Waals surface area contributed by atoms with E-state index in [1.807, 2.05) is 0 Å². The monoisotopic (exact) mass is 230 g/mol. The zero-order chi connectivity index (χ0) is 10.6. The number of carbonyl (C=O) groups is 1. The van der Waals surface area contributed by atoms with Crippen LogP contribution < -0.4 is 4.74 Å². The molecule has 14 heavy (non-hydrogen) atoms. The Kier molecular flexibility index (Phi) is 3.98. The van der Waals surface area contributed by atoms with Gasteiger partial charge < -0.3 is 4.74 Å². The summed E-state index contributed by atoms with van der Waals surface area (Å²) in [5.41, 5.74) is 0.265. The molecule has 0 heterocycles. The Morgan fingerprint density at radius 3 is 2.71 bits per heavy atom.